The van der Waals surface area contributed by atoms with Crippen molar-refractivity contribution in [3.05, 3.63) is 46.0 Å². The zero-order valence-electron chi connectivity index (χ0n) is 24.5. The molecule has 1 N–H and O–H groups in total. The quantitative estimate of drug-likeness (QED) is 0.419. The van der Waals surface area contributed by atoms with Crippen LogP contribution in [0.4, 0.5) is 22.2 Å². The largest absolute Gasteiger partial charge is 0.450 e. The van der Waals surface area contributed by atoms with E-state index < -0.39 is 0 Å². The summed E-state index contributed by atoms with van der Waals surface area (Å²) in [5.41, 5.74) is 2.19. The van der Waals surface area contributed by atoms with Crippen molar-refractivity contribution in [1.82, 2.24) is 29.3 Å². The van der Waals surface area contributed by atoms with Crippen LogP contribution in [0.25, 0.3) is 11.0 Å². The number of hydrogen-bond donors (Lipinski definition) is 1. The highest BCUT2D eigenvalue weighted by atomic mass is 16.6. The molecule has 3 aliphatic rings. The van der Waals surface area contributed by atoms with E-state index in [2.05, 4.69) is 25.1 Å². The average Bonchev–Trinajstić information content (AvgIpc) is 3.48. The molecule has 1 aliphatic carbocycles. The number of carbonyl (C=O) groups is 2. The lowest BCUT2D eigenvalue weighted by Crippen LogP contribution is -2.63. The van der Waals surface area contributed by atoms with Gasteiger partial charge >= 0.3 is 6.09 Å². The van der Waals surface area contributed by atoms with Crippen molar-refractivity contribution in [2.24, 2.45) is 0 Å². The predicted octanol–water partition coefficient (Wildman–Crippen LogP) is 3.52. The number of amides is 1. The normalized spacial score (nSPS) is 18.4. The summed E-state index contributed by atoms with van der Waals surface area (Å²) in [5, 5.41) is 3.91. The van der Waals surface area contributed by atoms with E-state index >= 15 is 0 Å². The van der Waals surface area contributed by atoms with Crippen LogP contribution in [-0.4, -0.2) is 93.1 Å². The molecule has 12 nitrogen and oxygen atoms in total. The minimum Gasteiger partial charge on any atom is -0.450 e. The zero-order chi connectivity index (χ0) is 29.4. The van der Waals surface area contributed by atoms with Gasteiger partial charge in [-0.15, -0.1) is 0 Å². The van der Waals surface area contributed by atoms with Crippen molar-refractivity contribution < 1.29 is 14.3 Å². The Morgan fingerprint density at radius 1 is 1.02 bits per heavy atom. The van der Waals surface area contributed by atoms with Crippen LogP contribution >= 0.6 is 0 Å². The third-order valence-corrected chi connectivity index (χ3v) is 8.82. The van der Waals surface area contributed by atoms with Crippen molar-refractivity contribution in [2.45, 2.75) is 58.5 Å². The molecule has 3 fully saturated rings. The average molecular weight is 575 g/mol. The number of ether oxygens (including phenoxy) is 1. The third-order valence-electron chi connectivity index (χ3n) is 8.82. The summed E-state index contributed by atoms with van der Waals surface area (Å²) in [6, 6.07) is 4.43. The number of rotatable bonds is 7. The molecule has 222 valence electrons. The van der Waals surface area contributed by atoms with Crippen LogP contribution in [0.1, 0.15) is 61.5 Å². The van der Waals surface area contributed by atoms with Gasteiger partial charge in [-0.25, -0.2) is 14.8 Å². The fourth-order valence-corrected chi connectivity index (χ4v) is 6.45. The van der Waals surface area contributed by atoms with Crippen molar-refractivity contribution in [2.75, 3.05) is 56.1 Å². The van der Waals surface area contributed by atoms with Gasteiger partial charge in [0.25, 0.3) is 5.56 Å². The van der Waals surface area contributed by atoms with Crippen molar-refractivity contribution in [3.8, 4) is 0 Å². The van der Waals surface area contributed by atoms with Crippen molar-refractivity contribution in [3.63, 3.8) is 0 Å². The Morgan fingerprint density at radius 2 is 1.76 bits per heavy atom. The van der Waals surface area contributed by atoms with Crippen LogP contribution in [0.15, 0.2) is 29.3 Å². The Balaban J connectivity index is 1.12. The third kappa shape index (κ3) is 5.31. The molecule has 5 heterocycles. The van der Waals surface area contributed by atoms with Gasteiger partial charge in [0, 0.05) is 62.9 Å². The highest BCUT2D eigenvalue weighted by molar-refractivity contribution is 5.99. The molecule has 0 atom stereocenters. The fourth-order valence-electron chi connectivity index (χ4n) is 6.45. The summed E-state index contributed by atoms with van der Waals surface area (Å²) in [5.74, 6) is 0.731. The number of nitrogens with zero attached hydrogens (tertiary/aromatic N) is 7. The van der Waals surface area contributed by atoms with Crippen LogP contribution in [-0.2, 0) is 4.74 Å². The number of fused-ring (bicyclic) bond motifs is 1. The van der Waals surface area contributed by atoms with E-state index in [0.717, 1.165) is 62.9 Å². The Labute approximate surface area is 244 Å². The van der Waals surface area contributed by atoms with E-state index in [9.17, 15) is 14.4 Å². The molecule has 6 rings (SSSR count). The number of carbonyl (C=O) groups excluding carboxylic acids is 2. The van der Waals surface area contributed by atoms with Gasteiger partial charge in [0.15, 0.2) is 5.78 Å². The summed E-state index contributed by atoms with van der Waals surface area (Å²) >= 11 is 0. The second-order valence-electron chi connectivity index (χ2n) is 11.4. The molecule has 0 spiro atoms. The summed E-state index contributed by atoms with van der Waals surface area (Å²) in [6.45, 7) is 10.4. The summed E-state index contributed by atoms with van der Waals surface area (Å²) in [7, 11) is 0. The predicted molar refractivity (Wildman–Crippen MR) is 160 cm³/mol. The van der Waals surface area contributed by atoms with Gasteiger partial charge in [0.1, 0.15) is 11.5 Å². The topological polar surface area (TPSA) is 126 Å². The molecule has 1 saturated carbocycles. The molecule has 12 heteroatoms. The van der Waals surface area contributed by atoms with Crippen LogP contribution in [0.5, 0.6) is 0 Å². The Morgan fingerprint density at radius 3 is 2.40 bits per heavy atom. The van der Waals surface area contributed by atoms with Gasteiger partial charge in [-0.2, -0.15) is 4.98 Å². The van der Waals surface area contributed by atoms with E-state index in [0.29, 0.717) is 48.7 Å². The molecule has 0 radical (unpaired) electrons. The second kappa shape index (κ2) is 11.7. The first kappa shape index (κ1) is 28.1. The highest BCUT2D eigenvalue weighted by Gasteiger charge is 2.35. The van der Waals surface area contributed by atoms with Crippen molar-refractivity contribution >= 4 is 40.4 Å². The van der Waals surface area contributed by atoms with E-state index in [4.69, 9.17) is 9.72 Å². The lowest BCUT2D eigenvalue weighted by Gasteiger charge is -2.48. The Kier molecular flexibility index (Phi) is 7.80. The maximum Gasteiger partial charge on any atom is 0.409 e. The van der Waals surface area contributed by atoms with E-state index in [1.165, 1.54) is 6.92 Å². The Bertz CT molecular complexity index is 1540. The number of aromatic nitrogens is 4. The molecule has 2 saturated heterocycles. The molecule has 0 unspecified atom stereocenters. The highest BCUT2D eigenvalue weighted by Crippen LogP contribution is 2.32. The minimum atomic E-state index is -0.264. The number of piperazine rings is 1. The van der Waals surface area contributed by atoms with E-state index in [-0.39, 0.29) is 29.0 Å². The second-order valence-corrected chi connectivity index (χ2v) is 11.4. The van der Waals surface area contributed by atoms with Crippen LogP contribution in [0.3, 0.4) is 0 Å². The van der Waals surface area contributed by atoms with E-state index in [1.807, 2.05) is 25.3 Å². The molecule has 1 amide bonds. The van der Waals surface area contributed by atoms with Gasteiger partial charge in [0.2, 0.25) is 5.95 Å². The molecular weight excluding hydrogens is 536 g/mol. The maximum atomic E-state index is 13.4. The molecule has 2 aliphatic heterocycles. The SMILES string of the molecule is CCOC(=O)N1CCN(C2CN(c3ccc(Nc4ncc5c(C)c(C(C)=O)c(=O)n(C6CCCC6)c5n4)nc3)C2)CC1. The number of ketones is 1. The minimum absolute atomic E-state index is 0.0284. The van der Waals surface area contributed by atoms with E-state index in [1.54, 1.807) is 22.6 Å². The Hall–Kier alpha value is -4.06. The summed E-state index contributed by atoms with van der Waals surface area (Å²) < 4.78 is 6.84. The molecule has 3 aromatic heterocycles. The summed E-state index contributed by atoms with van der Waals surface area (Å²) in [4.78, 5) is 58.1. The van der Waals surface area contributed by atoms with Gasteiger partial charge in [-0.1, -0.05) is 12.8 Å². The fraction of sp³-hybridized carbons (Fsp3) is 0.533. The van der Waals surface area contributed by atoms with Crippen LogP contribution in [0.2, 0.25) is 0 Å². The molecule has 42 heavy (non-hydrogen) atoms. The lowest BCUT2D eigenvalue weighted by atomic mass is 10.0. The van der Waals surface area contributed by atoms with Gasteiger partial charge in [-0.3, -0.25) is 19.1 Å². The first-order valence-corrected chi connectivity index (χ1v) is 14.9. The standard InChI is InChI=1S/C30H38N8O4/c1-4-42-30(41)36-13-11-35(12-14-36)23-17-37(18-23)22-9-10-25(31-15-22)33-29-32-16-24-19(2)26(20(3)39)28(40)38(27(24)34-29)21-7-5-6-8-21/h9-10,15-16,21,23H,4-8,11-14,17-18H2,1-3H3,(H,31,32,33,34). The zero-order valence-corrected chi connectivity index (χ0v) is 24.5. The first-order valence-electron chi connectivity index (χ1n) is 14.9. The first-order chi connectivity index (χ1) is 20.3. The number of pyridine rings is 2. The number of hydrogen-bond acceptors (Lipinski definition) is 10. The lowest BCUT2D eigenvalue weighted by molar-refractivity contribution is 0.0602. The van der Waals surface area contributed by atoms with Gasteiger partial charge in [0.05, 0.1) is 24.1 Å². The van der Waals surface area contributed by atoms with Crippen molar-refractivity contribution in [1.29, 1.82) is 0 Å². The molecule has 0 aromatic carbocycles. The monoisotopic (exact) mass is 574 g/mol. The smallest absolute Gasteiger partial charge is 0.409 e. The van der Waals surface area contributed by atoms with Gasteiger partial charge in [-0.05, 0) is 51.3 Å². The number of aryl methyl sites for hydroxylation is 1. The van der Waals surface area contributed by atoms with Crippen LogP contribution in [0, 0.1) is 6.92 Å². The number of anilines is 3. The van der Waals surface area contributed by atoms with Gasteiger partial charge < -0.3 is 19.9 Å². The molecule has 0 bridgehead atoms. The van der Waals surface area contributed by atoms with Crippen LogP contribution < -0.4 is 15.8 Å². The number of nitrogens with one attached hydrogen (secondary N) is 1. The summed E-state index contributed by atoms with van der Waals surface area (Å²) in [6.07, 6.45) is 7.21. The maximum absolute atomic E-state index is 13.4. The number of Topliss-reactive ketones (excluding diaryl/α,β-unsaturated/α-hetero) is 1. The molecular formula is C30H38N8O4. The molecule has 3 aromatic rings.